The molecule has 116 valence electrons. The average molecular weight is 308 g/mol. The van der Waals surface area contributed by atoms with Crippen molar-refractivity contribution in [2.24, 2.45) is 11.8 Å². The minimum Gasteiger partial charge on any atom is -0.481 e. The molecule has 0 aliphatic heterocycles. The molecule has 0 bridgehead atoms. The van der Waals surface area contributed by atoms with Gasteiger partial charge in [-0.15, -0.1) is 11.3 Å². The van der Waals surface area contributed by atoms with Gasteiger partial charge in [0, 0.05) is 10.9 Å². The van der Waals surface area contributed by atoms with E-state index in [4.69, 9.17) is 0 Å². The van der Waals surface area contributed by atoms with Crippen molar-refractivity contribution in [2.45, 2.75) is 64.3 Å². The Morgan fingerprint density at radius 1 is 1.43 bits per heavy atom. The summed E-state index contributed by atoms with van der Waals surface area (Å²) in [6.07, 6.45) is 6.40. The van der Waals surface area contributed by atoms with Gasteiger partial charge in [0.15, 0.2) is 5.13 Å². The number of nitrogens with one attached hydrogen (secondary N) is 1. The number of anilines is 1. The number of thiazole rings is 1. The Labute approximate surface area is 130 Å². The van der Waals surface area contributed by atoms with E-state index in [0.29, 0.717) is 12.0 Å². The lowest BCUT2D eigenvalue weighted by Crippen LogP contribution is -2.24. The highest BCUT2D eigenvalue weighted by atomic mass is 32.1. The van der Waals surface area contributed by atoms with Crippen molar-refractivity contribution in [3.05, 3.63) is 10.6 Å². The minimum absolute atomic E-state index is 0.398. The highest BCUT2D eigenvalue weighted by Crippen LogP contribution is 2.40. The van der Waals surface area contributed by atoms with Crippen LogP contribution in [0.5, 0.6) is 0 Å². The van der Waals surface area contributed by atoms with E-state index in [9.17, 15) is 9.90 Å². The van der Waals surface area contributed by atoms with Crippen molar-refractivity contribution in [2.75, 3.05) is 5.32 Å². The van der Waals surface area contributed by atoms with Gasteiger partial charge < -0.3 is 10.4 Å². The molecule has 5 heteroatoms. The number of rotatable bonds is 4. The molecule has 0 spiro atoms. The van der Waals surface area contributed by atoms with Crippen LogP contribution in [0.2, 0.25) is 0 Å². The molecule has 0 saturated heterocycles. The fourth-order valence-corrected chi connectivity index (χ4v) is 5.03. The molecule has 0 amide bonds. The quantitative estimate of drug-likeness (QED) is 0.886. The van der Waals surface area contributed by atoms with Crippen LogP contribution in [0.25, 0.3) is 0 Å². The second-order valence-electron chi connectivity index (χ2n) is 6.47. The van der Waals surface area contributed by atoms with Gasteiger partial charge in [0.25, 0.3) is 0 Å². The first-order chi connectivity index (χ1) is 10.1. The number of hydrogen-bond donors (Lipinski definition) is 2. The van der Waals surface area contributed by atoms with Crippen molar-refractivity contribution in [3.8, 4) is 0 Å². The summed E-state index contributed by atoms with van der Waals surface area (Å²) in [4.78, 5) is 17.2. The lowest BCUT2D eigenvalue weighted by atomic mass is 9.91. The number of nitrogens with zero attached hydrogens (tertiary/aromatic N) is 1. The van der Waals surface area contributed by atoms with Crippen LogP contribution in [0.1, 0.15) is 62.4 Å². The fourth-order valence-electron chi connectivity index (χ4n) is 3.91. The van der Waals surface area contributed by atoms with Crippen LogP contribution in [-0.2, 0) is 11.2 Å². The smallest absolute Gasteiger partial charge is 0.312 e. The molecule has 4 nitrogen and oxygen atoms in total. The van der Waals surface area contributed by atoms with E-state index >= 15 is 0 Å². The van der Waals surface area contributed by atoms with Crippen molar-refractivity contribution in [1.29, 1.82) is 0 Å². The van der Waals surface area contributed by atoms with Crippen molar-refractivity contribution in [1.82, 2.24) is 4.98 Å². The summed E-state index contributed by atoms with van der Waals surface area (Å²) in [5.74, 6) is 0.355. The van der Waals surface area contributed by atoms with E-state index in [1.54, 1.807) is 11.3 Å². The monoisotopic (exact) mass is 308 g/mol. The molecule has 1 fully saturated rings. The summed E-state index contributed by atoms with van der Waals surface area (Å²) in [5, 5.41) is 13.8. The Bertz CT molecular complexity index is 528. The van der Waals surface area contributed by atoms with Crippen LogP contribution in [0, 0.1) is 11.8 Å². The lowest BCUT2D eigenvalue weighted by Gasteiger charge is -2.20. The molecule has 2 aliphatic carbocycles. The van der Waals surface area contributed by atoms with Crippen LogP contribution in [0.3, 0.4) is 0 Å². The van der Waals surface area contributed by atoms with E-state index in [1.165, 1.54) is 24.1 Å². The Hall–Kier alpha value is -1.10. The first-order valence-corrected chi connectivity index (χ1v) is 8.90. The summed E-state index contributed by atoms with van der Waals surface area (Å²) >= 11 is 1.67. The molecule has 2 aliphatic rings. The van der Waals surface area contributed by atoms with Gasteiger partial charge in [-0.25, -0.2) is 4.98 Å². The van der Waals surface area contributed by atoms with Gasteiger partial charge in [0.1, 0.15) is 5.92 Å². The van der Waals surface area contributed by atoms with Crippen molar-refractivity contribution in [3.63, 3.8) is 0 Å². The van der Waals surface area contributed by atoms with Gasteiger partial charge in [-0.2, -0.15) is 0 Å². The van der Waals surface area contributed by atoms with Gasteiger partial charge >= 0.3 is 5.97 Å². The number of carboxylic acid groups (broad SMARTS) is 1. The van der Waals surface area contributed by atoms with Crippen molar-refractivity contribution >= 4 is 22.4 Å². The first kappa shape index (κ1) is 14.8. The molecule has 3 rings (SSSR count). The van der Waals surface area contributed by atoms with Gasteiger partial charge in [0.2, 0.25) is 0 Å². The highest BCUT2D eigenvalue weighted by molar-refractivity contribution is 7.15. The van der Waals surface area contributed by atoms with Crippen LogP contribution in [0.4, 0.5) is 5.13 Å². The SMILES string of the molecule is CCC1CCC(Nc2nc3c(s2)CCCC3C(=O)O)C1C. The van der Waals surface area contributed by atoms with E-state index < -0.39 is 11.9 Å². The number of carboxylic acids is 1. The Kier molecular flexibility index (Phi) is 4.20. The summed E-state index contributed by atoms with van der Waals surface area (Å²) < 4.78 is 0. The number of aryl methyl sites for hydroxylation is 1. The van der Waals surface area contributed by atoms with E-state index in [1.807, 2.05) is 0 Å². The Balaban J connectivity index is 1.75. The molecule has 2 N–H and O–H groups in total. The molecule has 21 heavy (non-hydrogen) atoms. The zero-order valence-corrected chi connectivity index (χ0v) is 13.6. The summed E-state index contributed by atoms with van der Waals surface area (Å²) in [5.41, 5.74) is 0.818. The molecule has 1 aromatic rings. The maximum atomic E-state index is 11.3. The fraction of sp³-hybridized carbons (Fsp3) is 0.750. The molecule has 1 heterocycles. The van der Waals surface area contributed by atoms with E-state index in [-0.39, 0.29) is 0 Å². The second-order valence-corrected chi connectivity index (χ2v) is 7.55. The molecular formula is C16H24N2O2S. The molecule has 1 saturated carbocycles. The lowest BCUT2D eigenvalue weighted by molar-refractivity contribution is -0.139. The van der Waals surface area contributed by atoms with Crippen LogP contribution >= 0.6 is 11.3 Å². The standard InChI is InChI=1S/C16H24N2O2S/c1-3-10-7-8-12(9(10)2)17-16-18-14-11(15(19)20)5-4-6-13(14)21-16/h9-12H,3-8H2,1-2H3,(H,17,18)(H,19,20). The average Bonchev–Trinajstić information content (AvgIpc) is 3.02. The summed E-state index contributed by atoms with van der Waals surface area (Å²) in [7, 11) is 0. The molecule has 1 aromatic heterocycles. The molecule has 0 aromatic carbocycles. The zero-order valence-electron chi connectivity index (χ0n) is 12.8. The summed E-state index contributed by atoms with van der Waals surface area (Å²) in [6.45, 7) is 4.59. The maximum Gasteiger partial charge on any atom is 0.312 e. The minimum atomic E-state index is -0.729. The molecule has 4 unspecified atom stereocenters. The predicted octanol–water partition coefficient (Wildman–Crippen LogP) is 3.88. The topological polar surface area (TPSA) is 62.2 Å². The molecule has 0 radical (unpaired) electrons. The molecule has 4 atom stereocenters. The summed E-state index contributed by atoms with van der Waals surface area (Å²) in [6, 6.07) is 0.492. The number of hydrogen-bond acceptors (Lipinski definition) is 4. The van der Waals surface area contributed by atoms with Crippen molar-refractivity contribution < 1.29 is 9.90 Å². The number of carbonyl (C=O) groups is 1. The normalized spacial score (nSPS) is 31.9. The zero-order chi connectivity index (χ0) is 15.0. The van der Waals surface area contributed by atoms with Crippen LogP contribution in [-0.4, -0.2) is 22.1 Å². The Morgan fingerprint density at radius 3 is 2.90 bits per heavy atom. The van der Waals surface area contributed by atoms with Gasteiger partial charge in [0.05, 0.1) is 5.69 Å². The number of fused-ring (bicyclic) bond motifs is 1. The first-order valence-electron chi connectivity index (χ1n) is 8.09. The number of aliphatic carboxylic acids is 1. The van der Waals surface area contributed by atoms with Crippen LogP contribution < -0.4 is 5.32 Å². The predicted molar refractivity (Wildman–Crippen MR) is 85.0 cm³/mol. The Morgan fingerprint density at radius 2 is 2.24 bits per heavy atom. The second kappa shape index (κ2) is 5.95. The third-order valence-corrected chi connectivity index (χ3v) is 6.37. The van der Waals surface area contributed by atoms with E-state index in [2.05, 4.69) is 24.1 Å². The third-order valence-electron chi connectivity index (χ3n) is 5.31. The highest BCUT2D eigenvalue weighted by Gasteiger charge is 2.34. The molecular weight excluding hydrogens is 284 g/mol. The largest absolute Gasteiger partial charge is 0.481 e. The van der Waals surface area contributed by atoms with Gasteiger partial charge in [-0.3, -0.25) is 4.79 Å². The van der Waals surface area contributed by atoms with E-state index in [0.717, 1.165) is 36.0 Å². The number of aromatic nitrogens is 1. The maximum absolute atomic E-state index is 11.3. The third kappa shape index (κ3) is 2.80. The van der Waals surface area contributed by atoms with Gasteiger partial charge in [-0.05, 0) is 43.9 Å². The van der Waals surface area contributed by atoms with Crippen LogP contribution in [0.15, 0.2) is 0 Å². The van der Waals surface area contributed by atoms with Gasteiger partial charge in [-0.1, -0.05) is 20.3 Å².